The molecule has 1 aliphatic heterocycles. The Morgan fingerprint density at radius 2 is 1.82 bits per heavy atom. The Hall–Kier alpha value is -3.35. The highest BCUT2D eigenvalue weighted by molar-refractivity contribution is 5.99. The summed E-state index contributed by atoms with van der Waals surface area (Å²) >= 11 is 0. The van der Waals surface area contributed by atoms with E-state index in [-0.39, 0.29) is 37.3 Å². The van der Waals surface area contributed by atoms with Crippen LogP contribution in [0.1, 0.15) is 29.6 Å². The van der Waals surface area contributed by atoms with Crippen LogP contribution in [0.25, 0.3) is 0 Å². The van der Waals surface area contributed by atoms with Crippen LogP contribution in [-0.2, 0) is 9.59 Å². The SMILES string of the molecule is O=C(CCN1C(=O)COc2ccccc21)Nc1ccc(C(=O)NC2CC2)cc1. The lowest BCUT2D eigenvalue weighted by Crippen LogP contribution is -2.40. The number of hydrogen-bond acceptors (Lipinski definition) is 4. The fourth-order valence-electron chi connectivity index (χ4n) is 3.04. The smallest absolute Gasteiger partial charge is 0.265 e. The lowest BCUT2D eigenvalue weighted by Gasteiger charge is -2.29. The molecular weight excluding hydrogens is 358 g/mol. The van der Waals surface area contributed by atoms with Crippen LogP contribution in [0.2, 0.25) is 0 Å². The van der Waals surface area contributed by atoms with Gasteiger partial charge in [-0.2, -0.15) is 0 Å². The predicted molar refractivity (Wildman–Crippen MR) is 104 cm³/mol. The van der Waals surface area contributed by atoms with Crippen LogP contribution in [0.4, 0.5) is 11.4 Å². The number of fused-ring (bicyclic) bond motifs is 1. The summed E-state index contributed by atoms with van der Waals surface area (Å²) in [6.45, 7) is 0.246. The second kappa shape index (κ2) is 7.72. The van der Waals surface area contributed by atoms with Crippen LogP contribution in [0.3, 0.4) is 0 Å². The average molecular weight is 379 g/mol. The average Bonchev–Trinajstić information content (AvgIpc) is 3.51. The Kier molecular flexibility index (Phi) is 4.97. The molecule has 2 aliphatic rings. The molecule has 0 atom stereocenters. The molecule has 7 nitrogen and oxygen atoms in total. The minimum atomic E-state index is -0.202. The number of nitrogens with zero attached hydrogens (tertiary/aromatic N) is 1. The summed E-state index contributed by atoms with van der Waals surface area (Å²) in [7, 11) is 0. The van der Waals surface area contributed by atoms with Crippen LogP contribution in [0.15, 0.2) is 48.5 Å². The van der Waals surface area contributed by atoms with E-state index in [1.807, 2.05) is 12.1 Å². The lowest BCUT2D eigenvalue weighted by atomic mass is 10.2. The third-order valence-electron chi connectivity index (χ3n) is 4.71. The van der Waals surface area contributed by atoms with Gasteiger partial charge in [-0.3, -0.25) is 14.4 Å². The molecule has 0 radical (unpaired) electrons. The van der Waals surface area contributed by atoms with Crippen LogP contribution in [0, 0.1) is 0 Å². The van der Waals surface area contributed by atoms with Gasteiger partial charge in [0.1, 0.15) is 5.75 Å². The van der Waals surface area contributed by atoms with Crippen LogP contribution >= 0.6 is 0 Å². The minimum Gasteiger partial charge on any atom is -0.482 e. The van der Waals surface area contributed by atoms with E-state index < -0.39 is 0 Å². The first kappa shape index (κ1) is 18.0. The molecule has 1 aliphatic carbocycles. The molecule has 0 saturated heterocycles. The topological polar surface area (TPSA) is 87.7 Å². The highest BCUT2D eigenvalue weighted by atomic mass is 16.5. The Labute approximate surface area is 162 Å². The summed E-state index contributed by atoms with van der Waals surface area (Å²) in [4.78, 5) is 38.0. The van der Waals surface area contributed by atoms with Gasteiger partial charge in [0.25, 0.3) is 11.8 Å². The second-order valence-electron chi connectivity index (χ2n) is 6.93. The Bertz CT molecular complexity index is 906. The fraction of sp³-hybridized carbons (Fsp3) is 0.286. The summed E-state index contributed by atoms with van der Waals surface area (Å²) in [6, 6.07) is 14.4. The van der Waals surface area contributed by atoms with E-state index in [0.717, 1.165) is 12.8 Å². The van der Waals surface area contributed by atoms with Crippen molar-refractivity contribution in [3.05, 3.63) is 54.1 Å². The zero-order chi connectivity index (χ0) is 19.5. The summed E-state index contributed by atoms with van der Waals surface area (Å²) in [5.41, 5.74) is 1.86. The molecule has 0 bridgehead atoms. The van der Waals surface area contributed by atoms with Gasteiger partial charge in [-0.25, -0.2) is 0 Å². The van der Waals surface area contributed by atoms with E-state index in [9.17, 15) is 14.4 Å². The van der Waals surface area contributed by atoms with Gasteiger partial charge in [-0.05, 0) is 49.2 Å². The van der Waals surface area contributed by atoms with Crippen molar-refractivity contribution in [2.24, 2.45) is 0 Å². The van der Waals surface area contributed by atoms with Crippen LogP contribution in [-0.4, -0.2) is 36.9 Å². The lowest BCUT2D eigenvalue weighted by molar-refractivity contribution is -0.121. The number of carbonyl (C=O) groups excluding carboxylic acids is 3. The number of nitrogens with one attached hydrogen (secondary N) is 2. The summed E-state index contributed by atoms with van der Waals surface area (Å²) in [5.74, 6) is 0.178. The first-order valence-corrected chi connectivity index (χ1v) is 9.33. The summed E-state index contributed by atoms with van der Waals surface area (Å²) in [5, 5.41) is 5.73. The monoisotopic (exact) mass is 379 g/mol. The van der Waals surface area contributed by atoms with E-state index in [0.29, 0.717) is 28.7 Å². The third kappa shape index (κ3) is 4.14. The van der Waals surface area contributed by atoms with Crippen molar-refractivity contribution in [1.29, 1.82) is 0 Å². The zero-order valence-corrected chi connectivity index (χ0v) is 15.3. The molecule has 0 spiro atoms. The first-order chi connectivity index (χ1) is 13.6. The number of para-hydroxylation sites is 2. The Balaban J connectivity index is 1.32. The Morgan fingerprint density at radius 1 is 1.07 bits per heavy atom. The van der Waals surface area contributed by atoms with Crippen molar-refractivity contribution in [3.8, 4) is 5.75 Å². The standard InChI is InChI=1S/C21H21N3O4/c25-19(11-12-24-17-3-1-2-4-18(17)28-13-20(24)26)22-15-7-5-14(6-8-15)21(27)23-16-9-10-16/h1-8,16H,9-13H2,(H,22,25)(H,23,27). The molecule has 7 heteroatoms. The molecule has 1 heterocycles. The van der Waals surface area contributed by atoms with Crippen molar-refractivity contribution in [3.63, 3.8) is 0 Å². The predicted octanol–water partition coefficient (Wildman–Crippen LogP) is 2.33. The van der Waals surface area contributed by atoms with Crippen LogP contribution in [0.5, 0.6) is 5.75 Å². The molecule has 144 valence electrons. The van der Waals surface area contributed by atoms with E-state index in [2.05, 4.69) is 10.6 Å². The normalized spacial score (nSPS) is 15.4. The molecule has 2 aromatic rings. The second-order valence-corrected chi connectivity index (χ2v) is 6.93. The van der Waals surface area contributed by atoms with Gasteiger partial charge in [0.15, 0.2) is 6.61 Å². The van der Waals surface area contributed by atoms with Gasteiger partial charge in [-0.15, -0.1) is 0 Å². The molecule has 0 aromatic heterocycles. The molecule has 3 amide bonds. The molecule has 2 aromatic carbocycles. The molecule has 1 fully saturated rings. The van der Waals surface area contributed by atoms with Gasteiger partial charge in [0, 0.05) is 30.3 Å². The van der Waals surface area contributed by atoms with Crippen molar-refractivity contribution in [1.82, 2.24) is 5.32 Å². The molecule has 2 N–H and O–H groups in total. The fourth-order valence-corrected chi connectivity index (χ4v) is 3.04. The van der Waals surface area contributed by atoms with Gasteiger partial charge >= 0.3 is 0 Å². The number of anilines is 2. The quantitative estimate of drug-likeness (QED) is 0.806. The number of carbonyl (C=O) groups is 3. The minimum absolute atomic E-state index is 0.0248. The van der Waals surface area contributed by atoms with Gasteiger partial charge in [-0.1, -0.05) is 12.1 Å². The largest absolute Gasteiger partial charge is 0.482 e. The first-order valence-electron chi connectivity index (χ1n) is 9.33. The number of benzene rings is 2. The van der Waals surface area contributed by atoms with Gasteiger partial charge in [0.2, 0.25) is 5.91 Å². The molecule has 0 unspecified atom stereocenters. The third-order valence-corrected chi connectivity index (χ3v) is 4.71. The Morgan fingerprint density at radius 3 is 2.57 bits per heavy atom. The van der Waals surface area contributed by atoms with Crippen molar-refractivity contribution in [2.75, 3.05) is 23.4 Å². The van der Waals surface area contributed by atoms with E-state index in [1.165, 1.54) is 0 Å². The highest BCUT2D eigenvalue weighted by Crippen LogP contribution is 2.31. The number of rotatable bonds is 6. The van der Waals surface area contributed by atoms with Gasteiger partial charge < -0.3 is 20.3 Å². The van der Waals surface area contributed by atoms with Crippen molar-refractivity contribution < 1.29 is 19.1 Å². The molecule has 4 rings (SSSR count). The number of ether oxygens (including phenoxy) is 1. The molecular formula is C21H21N3O4. The molecule has 1 saturated carbocycles. The maximum Gasteiger partial charge on any atom is 0.265 e. The van der Waals surface area contributed by atoms with E-state index in [1.54, 1.807) is 41.3 Å². The zero-order valence-electron chi connectivity index (χ0n) is 15.3. The number of hydrogen-bond donors (Lipinski definition) is 2. The number of amides is 3. The van der Waals surface area contributed by atoms with E-state index in [4.69, 9.17) is 4.74 Å². The van der Waals surface area contributed by atoms with Crippen molar-refractivity contribution in [2.45, 2.75) is 25.3 Å². The van der Waals surface area contributed by atoms with E-state index >= 15 is 0 Å². The maximum atomic E-state index is 12.3. The van der Waals surface area contributed by atoms with Crippen LogP contribution < -0.4 is 20.3 Å². The molecule has 28 heavy (non-hydrogen) atoms. The highest BCUT2D eigenvalue weighted by Gasteiger charge is 2.25. The summed E-state index contributed by atoms with van der Waals surface area (Å²) < 4.78 is 5.40. The van der Waals surface area contributed by atoms with Gasteiger partial charge in [0.05, 0.1) is 5.69 Å². The maximum absolute atomic E-state index is 12.3. The van der Waals surface area contributed by atoms with Crippen molar-refractivity contribution >= 4 is 29.1 Å². The summed E-state index contributed by atoms with van der Waals surface area (Å²) in [6.07, 6.45) is 2.23.